The molecular formula is C10H18O2. The van der Waals surface area contributed by atoms with Crippen molar-refractivity contribution in [2.24, 2.45) is 11.8 Å². The van der Waals surface area contributed by atoms with Crippen molar-refractivity contribution in [2.45, 2.75) is 46.1 Å². The Hall–Kier alpha value is -0.530. The van der Waals surface area contributed by atoms with Crippen molar-refractivity contribution in [3.8, 4) is 0 Å². The van der Waals surface area contributed by atoms with Gasteiger partial charge in [-0.05, 0) is 25.7 Å². The number of esters is 1. The standard InChI is InChI=1S/C10H18O2/c1-7(2)10(4)6-5-8(3)9(11)12-10/h7-8H,5-6H2,1-4H3. The van der Waals surface area contributed by atoms with Gasteiger partial charge in [-0.15, -0.1) is 0 Å². The molecule has 0 spiro atoms. The van der Waals surface area contributed by atoms with Crippen molar-refractivity contribution in [3.63, 3.8) is 0 Å². The van der Waals surface area contributed by atoms with E-state index in [2.05, 4.69) is 13.8 Å². The van der Waals surface area contributed by atoms with Crippen LogP contribution in [0.4, 0.5) is 0 Å². The summed E-state index contributed by atoms with van der Waals surface area (Å²) in [6.45, 7) is 8.16. The first-order valence-corrected chi connectivity index (χ1v) is 4.68. The van der Waals surface area contributed by atoms with Crippen LogP contribution in [0, 0.1) is 11.8 Å². The Balaban J connectivity index is 2.67. The van der Waals surface area contributed by atoms with Crippen LogP contribution in [0.3, 0.4) is 0 Å². The third kappa shape index (κ3) is 1.62. The van der Waals surface area contributed by atoms with Gasteiger partial charge in [-0.3, -0.25) is 4.79 Å². The van der Waals surface area contributed by atoms with Gasteiger partial charge in [-0.25, -0.2) is 0 Å². The van der Waals surface area contributed by atoms with Crippen molar-refractivity contribution in [3.05, 3.63) is 0 Å². The summed E-state index contributed by atoms with van der Waals surface area (Å²) in [5.74, 6) is 0.475. The minimum atomic E-state index is -0.219. The first-order valence-electron chi connectivity index (χ1n) is 4.68. The Bertz CT molecular complexity index is 186. The second-order valence-corrected chi connectivity index (χ2v) is 4.33. The van der Waals surface area contributed by atoms with Crippen LogP contribution >= 0.6 is 0 Å². The van der Waals surface area contributed by atoms with E-state index in [9.17, 15) is 4.79 Å². The molecule has 2 heteroatoms. The Labute approximate surface area is 74.3 Å². The number of hydrogen-bond donors (Lipinski definition) is 0. The van der Waals surface area contributed by atoms with Gasteiger partial charge < -0.3 is 4.74 Å². The van der Waals surface area contributed by atoms with Crippen molar-refractivity contribution in [1.82, 2.24) is 0 Å². The van der Waals surface area contributed by atoms with Gasteiger partial charge >= 0.3 is 5.97 Å². The maximum absolute atomic E-state index is 11.3. The van der Waals surface area contributed by atoms with Crippen molar-refractivity contribution >= 4 is 5.97 Å². The minimum absolute atomic E-state index is 0.0301. The molecule has 2 atom stereocenters. The van der Waals surface area contributed by atoms with E-state index < -0.39 is 0 Å². The van der Waals surface area contributed by atoms with Gasteiger partial charge in [0.25, 0.3) is 0 Å². The summed E-state index contributed by atoms with van der Waals surface area (Å²) in [5, 5.41) is 0. The Kier molecular flexibility index (Phi) is 2.45. The molecule has 1 aliphatic heterocycles. The van der Waals surface area contributed by atoms with E-state index in [0.29, 0.717) is 5.92 Å². The van der Waals surface area contributed by atoms with E-state index in [1.807, 2.05) is 13.8 Å². The van der Waals surface area contributed by atoms with Gasteiger partial charge in [0, 0.05) is 0 Å². The monoisotopic (exact) mass is 170 g/mol. The summed E-state index contributed by atoms with van der Waals surface area (Å²) >= 11 is 0. The van der Waals surface area contributed by atoms with Crippen LogP contribution in [0.25, 0.3) is 0 Å². The van der Waals surface area contributed by atoms with Gasteiger partial charge in [0.2, 0.25) is 0 Å². The quantitative estimate of drug-likeness (QED) is 0.565. The maximum atomic E-state index is 11.3. The lowest BCUT2D eigenvalue weighted by molar-refractivity contribution is -0.177. The lowest BCUT2D eigenvalue weighted by Crippen LogP contribution is -2.43. The highest BCUT2D eigenvalue weighted by Gasteiger charge is 2.38. The highest BCUT2D eigenvalue weighted by Crippen LogP contribution is 2.34. The molecule has 1 aliphatic rings. The summed E-state index contributed by atoms with van der Waals surface area (Å²) in [5.41, 5.74) is -0.219. The summed E-state index contributed by atoms with van der Waals surface area (Å²) in [6, 6.07) is 0. The van der Waals surface area contributed by atoms with E-state index in [4.69, 9.17) is 4.74 Å². The summed E-state index contributed by atoms with van der Waals surface area (Å²) in [4.78, 5) is 11.3. The maximum Gasteiger partial charge on any atom is 0.309 e. The molecule has 1 heterocycles. The highest BCUT2D eigenvalue weighted by molar-refractivity contribution is 5.73. The predicted octanol–water partition coefficient (Wildman–Crippen LogP) is 2.37. The topological polar surface area (TPSA) is 26.3 Å². The average molecular weight is 170 g/mol. The van der Waals surface area contributed by atoms with Crippen LogP contribution in [0.2, 0.25) is 0 Å². The van der Waals surface area contributed by atoms with Crippen LogP contribution in [-0.4, -0.2) is 11.6 Å². The van der Waals surface area contributed by atoms with Gasteiger partial charge in [0.15, 0.2) is 0 Å². The Morgan fingerprint density at radius 2 is 2.17 bits per heavy atom. The molecule has 0 bridgehead atoms. The number of ether oxygens (including phenoxy) is 1. The van der Waals surface area contributed by atoms with E-state index in [0.717, 1.165) is 12.8 Å². The predicted molar refractivity (Wildman–Crippen MR) is 47.7 cm³/mol. The van der Waals surface area contributed by atoms with Gasteiger partial charge in [0.05, 0.1) is 5.92 Å². The minimum Gasteiger partial charge on any atom is -0.459 e. The summed E-state index contributed by atoms with van der Waals surface area (Å²) < 4.78 is 5.41. The fraction of sp³-hybridized carbons (Fsp3) is 0.900. The molecule has 2 nitrogen and oxygen atoms in total. The molecule has 0 amide bonds. The van der Waals surface area contributed by atoms with E-state index in [-0.39, 0.29) is 17.5 Å². The molecule has 0 aromatic rings. The van der Waals surface area contributed by atoms with Gasteiger partial charge in [-0.1, -0.05) is 20.8 Å². The lowest BCUT2D eigenvalue weighted by Gasteiger charge is -2.38. The molecule has 12 heavy (non-hydrogen) atoms. The zero-order valence-corrected chi connectivity index (χ0v) is 8.39. The molecule has 0 aromatic heterocycles. The van der Waals surface area contributed by atoms with E-state index >= 15 is 0 Å². The Morgan fingerprint density at radius 3 is 2.58 bits per heavy atom. The summed E-state index contributed by atoms with van der Waals surface area (Å²) in [6.07, 6.45) is 1.96. The molecule has 0 aliphatic carbocycles. The molecule has 2 unspecified atom stereocenters. The van der Waals surface area contributed by atoms with Crippen LogP contribution < -0.4 is 0 Å². The molecule has 0 N–H and O–H groups in total. The third-order valence-corrected chi connectivity index (χ3v) is 3.03. The smallest absolute Gasteiger partial charge is 0.309 e. The number of carbonyl (C=O) groups is 1. The number of carbonyl (C=O) groups excluding carboxylic acids is 1. The SMILES string of the molecule is CC1CCC(C)(C(C)C)OC1=O. The molecule has 0 saturated carbocycles. The number of rotatable bonds is 1. The number of cyclic esters (lactones) is 1. The molecular weight excluding hydrogens is 152 g/mol. The Morgan fingerprint density at radius 1 is 1.58 bits per heavy atom. The zero-order chi connectivity index (χ0) is 9.35. The van der Waals surface area contributed by atoms with Crippen LogP contribution in [0.1, 0.15) is 40.5 Å². The molecule has 1 rings (SSSR count). The van der Waals surface area contributed by atoms with E-state index in [1.54, 1.807) is 0 Å². The molecule has 0 radical (unpaired) electrons. The van der Waals surface area contributed by atoms with Crippen molar-refractivity contribution in [2.75, 3.05) is 0 Å². The van der Waals surface area contributed by atoms with Crippen LogP contribution in [-0.2, 0) is 9.53 Å². The van der Waals surface area contributed by atoms with Crippen molar-refractivity contribution < 1.29 is 9.53 Å². The average Bonchev–Trinajstić information content (AvgIpc) is 1.97. The van der Waals surface area contributed by atoms with Crippen molar-refractivity contribution in [1.29, 1.82) is 0 Å². The van der Waals surface area contributed by atoms with Gasteiger partial charge in [-0.2, -0.15) is 0 Å². The molecule has 1 saturated heterocycles. The third-order valence-electron chi connectivity index (χ3n) is 3.03. The largest absolute Gasteiger partial charge is 0.459 e. The fourth-order valence-electron chi connectivity index (χ4n) is 1.41. The lowest BCUT2D eigenvalue weighted by atomic mass is 9.83. The second-order valence-electron chi connectivity index (χ2n) is 4.33. The second kappa shape index (κ2) is 3.08. The highest BCUT2D eigenvalue weighted by atomic mass is 16.6. The fourth-order valence-corrected chi connectivity index (χ4v) is 1.41. The first-order chi connectivity index (χ1) is 5.46. The number of hydrogen-bond acceptors (Lipinski definition) is 2. The van der Waals surface area contributed by atoms with Crippen LogP contribution in [0.5, 0.6) is 0 Å². The molecule has 70 valence electrons. The molecule has 0 aromatic carbocycles. The van der Waals surface area contributed by atoms with Gasteiger partial charge in [0.1, 0.15) is 5.60 Å². The zero-order valence-electron chi connectivity index (χ0n) is 8.39. The van der Waals surface area contributed by atoms with E-state index in [1.165, 1.54) is 0 Å². The molecule has 1 fully saturated rings. The normalized spacial score (nSPS) is 36.8. The summed E-state index contributed by atoms with van der Waals surface area (Å²) in [7, 11) is 0. The first kappa shape index (κ1) is 9.56. The van der Waals surface area contributed by atoms with Crippen LogP contribution in [0.15, 0.2) is 0 Å².